The Morgan fingerprint density at radius 1 is 1.32 bits per heavy atom. The van der Waals surface area contributed by atoms with Gasteiger partial charge in [0, 0.05) is 22.7 Å². The molecule has 4 heteroatoms. The summed E-state index contributed by atoms with van der Waals surface area (Å²) in [6.07, 6.45) is 2.80. The lowest BCUT2D eigenvalue weighted by atomic mass is 10.1. The first-order chi connectivity index (χ1) is 9.08. The fraction of sp³-hybridized carbons (Fsp3) is 0.267. The molecule has 0 spiro atoms. The summed E-state index contributed by atoms with van der Waals surface area (Å²) >= 11 is 2.15. The van der Waals surface area contributed by atoms with Gasteiger partial charge in [0.1, 0.15) is 5.65 Å². The molecule has 0 atom stereocenters. The summed E-state index contributed by atoms with van der Waals surface area (Å²) in [6, 6.07) is 8.07. The summed E-state index contributed by atoms with van der Waals surface area (Å²) in [6.45, 7) is 4.32. The van der Waals surface area contributed by atoms with Crippen LogP contribution in [0.4, 0.5) is 0 Å². The maximum atomic E-state index is 12.4. The number of nitrogens with one attached hydrogen (secondary N) is 1. The molecule has 0 aliphatic rings. The van der Waals surface area contributed by atoms with Crippen molar-refractivity contribution in [3.05, 3.63) is 50.1 Å². The Hall–Kier alpha value is -1.30. The van der Waals surface area contributed by atoms with E-state index >= 15 is 0 Å². The van der Waals surface area contributed by atoms with Crippen LogP contribution >= 0.6 is 22.6 Å². The van der Waals surface area contributed by atoms with E-state index in [1.54, 1.807) is 4.40 Å². The number of hydrogen-bond acceptors (Lipinski definition) is 1. The van der Waals surface area contributed by atoms with Gasteiger partial charge in [-0.1, -0.05) is 38.1 Å². The molecule has 0 saturated heterocycles. The number of nitrogens with zero attached hydrogens (tertiary/aromatic N) is 1. The predicted molar refractivity (Wildman–Crippen MR) is 86.8 cm³/mol. The predicted octanol–water partition coefficient (Wildman–Crippen LogP) is 3.58. The third kappa shape index (κ3) is 2.08. The van der Waals surface area contributed by atoms with E-state index in [4.69, 9.17) is 0 Å². The number of benzene rings is 1. The average molecular weight is 366 g/mol. The van der Waals surface area contributed by atoms with E-state index < -0.39 is 0 Å². The zero-order valence-corrected chi connectivity index (χ0v) is 13.1. The molecule has 0 unspecified atom stereocenters. The van der Waals surface area contributed by atoms with Crippen LogP contribution < -0.4 is 5.56 Å². The number of fused-ring (bicyclic) bond motifs is 3. The lowest BCUT2D eigenvalue weighted by Crippen LogP contribution is -2.19. The quantitative estimate of drug-likeness (QED) is 0.692. The molecule has 1 aromatic carbocycles. The molecule has 0 fully saturated rings. The van der Waals surface area contributed by atoms with E-state index in [2.05, 4.69) is 41.4 Å². The largest absolute Gasteiger partial charge is 0.343 e. The van der Waals surface area contributed by atoms with E-state index in [0.717, 1.165) is 32.1 Å². The molecule has 19 heavy (non-hydrogen) atoms. The van der Waals surface area contributed by atoms with Crippen molar-refractivity contribution in [3.63, 3.8) is 0 Å². The number of aromatic nitrogens is 2. The van der Waals surface area contributed by atoms with Crippen LogP contribution in [-0.2, 0) is 6.42 Å². The van der Waals surface area contributed by atoms with Crippen LogP contribution in [0.15, 0.2) is 35.3 Å². The second kappa shape index (κ2) is 4.67. The Labute approximate surface area is 124 Å². The highest BCUT2D eigenvalue weighted by molar-refractivity contribution is 14.1. The topological polar surface area (TPSA) is 37.3 Å². The summed E-state index contributed by atoms with van der Waals surface area (Å²) < 4.78 is 2.51. The summed E-state index contributed by atoms with van der Waals surface area (Å²) in [5, 5.41) is 2.19. The summed E-state index contributed by atoms with van der Waals surface area (Å²) in [5.41, 5.74) is 2.01. The fourth-order valence-electron chi connectivity index (χ4n) is 2.43. The molecule has 0 bridgehead atoms. The number of halogens is 1. The minimum Gasteiger partial charge on any atom is -0.343 e. The van der Waals surface area contributed by atoms with E-state index in [0.29, 0.717) is 5.92 Å². The van der Waals surface area contributed by atoms with Crippen molar-refractivity contribution in [1.29, 1.82) is 0 Å². The summed E-state index contributed by atoms with van der Waals surface area (Å²) in [4.78, 5) is 15.9. The van der Waals surface area contributed by atoms with Gasteiger partial charge in [0.25, 0.3) is 5.56 Å². The van der Waals surface area contributed by atoms with Crippen molar-refractivity contribution >= 4 is 39.0 Å². The standard InChI is InChI=1S/C15H15IN2O/c1-9(2)7-12-13(16)15(19)18-8-10-5-3-4-6-11(10)14(18)17-12/h3-6,8-9,17H,7H2,1-2H3. The SMILES string of the molecule is CC(C)Cc1[nH]c2c3ccccc3cn2c(=O)c1I. The lowest BCUT2D eigenvalue weighted by molar-refractivity contribution is 0.632. The summed E-state index contributed by atoms with van der Waals surface area (Å²) in [5.74, 6) is 0.521. The Kier molecular flexibility index (Phi) is 3.12. The van der Waals surface area contributed by atoms with Gasteiger partial charge in [0.05, 0.1) is 3.57 Å². The molecule has 1 N–H and O–H groups in total. The number of aromatic amines is 1. The molecular formula is C15H15IN2O. The Morgan fingerprint density at radius 3 is 2.79 bits per heavy atom. The highest BCUT2D eigenvalue weighted by Gasteiger charge is 2.13. The number of hydrogen-bond donors (Lipinski definition) is 1. The average Bonchev–Trinajstić information content (AvgIpc) is 2.74. The van der Waals surface area contributed by atoms with Gasteiger partial charge in [-0.05, 0) is 34.9 Å². The third-order valence-electron chi connectivity index (χ3n) is 3.28. The Bertz CT molecular complexity index is 814. The molecule has 98 valence electrons. The first kappa shape index (κ1) is 12.7. The van der Waals surface area contributed by atoms with Crippen LogP contribution in [0.5, 0.6) is 0 Å². The zero-order valence-electron chi connectivity index (χ0n) is 10.9. The van der Waals surface area contributed by atoms with Gasteiger partial charge in [-0.3, -0.25) is 9.20 Å². The molecule has 0 amide bonds. The highest BCUT2D eigenvalue weighted by atomic mass is 127. The second-order valence-corrected chi connectivity index (χ2v) is 6.33. The van der Waals surface area contributed by atoms with Crippen LogP contribution in [0, 0.1) is 9.49 Å². The molecule has 3 nitrogen and oxygen atoms in total. The molecular weight excluding hydrogens is 351 g/mol. The third-order valence-corrected chi connectivity index (χ3v) is 4.39. The van der Waals surface area contributed by atoms with Crippen molar-refractivity contribution in [1.82, 2.24) is 9.38 Å². The van der Waals surface area contributed by atoms with Gasteiger partial charge >= 0.3 is 0 Å². The minimum absolute atomic E-state index is 0.0706. The monoisotopic (exact) mass is 366 g/mol. The normalized spacial score (nSPS) is 11.8. The number of rotatable bonds is 2. The molecule has 0 aliphatic heterocycles. The number of H-pyrrole nitrogens is 1. The van der Waals surface area contributed by atoms with Crippen LogP contribution in [-0.4, -0.2) is 9.38 Å². The van der Waals surface area contributed by atoms with Gasteiger partial charge in [0.2, 0.25) is 0 Å². The maximum Gasteiger partial charge on any atom is 0.271 e. The molecule has 0 saturated carbocycles. The van der Waals surface area contributed by atoms with Gasteiger partial charge < -0.3 is 4.98 Å². The van der Waals surface area contributed by atoms with Gasteiger partial charge in [-0.25, -0.2) is 0 Å². The van der Waals surface area contributed by atoms with E-state index in [1.807, 2.05) is 30.5 Å². The smallest absolute Gasteiger partial charge is 0.271 e. The van der Waals surface area contributed by atoms with Crippen molar-refractivity contribution in [2.45, 2.75) is 20.3 Å². The van der Waals surface area contributed by atoms with E-state index in [9.17, 15) is 4.79 Å². The van der Waals surface area contributed by atoms with Crippen LogP contribution in [0.3, 0.4) is 0 Å². The van der Waals surface area contributed by atoms with Crippen molar-refractivity contribution < 1.29 is 0 Å². The lowest BCUT2D eigenvalue weighted by Gasteiger charge is -2.08. The molecule has 2 heterocycles. The van der Waals surface area contributed by atoms with Crippen molar-refractivity contribution in [2.75, 3.05) is 0 Å². The fourth-order valence-corrected chi connectivity index (χ4v) is 3.04. The molecule has 0 radical (unpaired) electrons. The van der Waals surface area contributed by atoms with Crippen LogP contribution in [0.25, 0.3) is 16.4 Å². The minimum atomic E-state index is 0.0706. The molecule has 3 aromatic rings. The van der Waals surface area contributed by atoms with Gasteiger partial charge in [-0.15, -0.1) is 0 Å². The van der Waals surface area contributed by atoms with E-state index in [-0.39, 0.29) is 5.56 Å². The highest BCUT2D eigenvalue weighted by Crippen LogP contribution is 2.21. The van der Waals surface area contributed by atoms with Gasteiger partial charge in [0.15, 0.2) is 0 Å². The Balaban J connectivity index is 2.40. The molecule has 2 aromatic heterocycles. The second-order valence-electron chi connectivity index (χ2n) is 5.26. The maximum absolute atomic E-state index is 12.4. The first-order valence-corrected chi connectivity index (χ1v) is 7.46. The van der Waals surface area contributed by atoms with Crippen LogP contribution in [0.2, 0.25) is 0 Å². The molecule has 0 aliphatic carbocycles. The Morgan fingerprint density at radius 2 is 2.05 bits per heavy atom. The first-order valence-electron chi connectivity index (χ1n) is 6.38. The van der Waals surface area contributed by atoms with Gasteiger partial charge in [-0.2, -0.15) is 0 Å². The van der Waals surface area contributed by atoms with Crippen molar-refractivity contribution in [2.24, 2.45) is 5.92 Å². The summed E-state index contributed by atoms with van der Waals surface area (Å²) in [7, 11) is 0. The van der Waals surface area contributed by atoms with Crippen LogP contribution in [0.1, 0.15) is 19.5 Å². The zero-order chi connectivity index (χ0) is 13.6. The van der Waals surface area contributed by atoms with Crippen molar-refractivity contribution in [3.8, 4) is 0 Å². The molecule has 3 rings (SSSR count). The van der Waals surface area contributed by atoms with E-state index in [1.165, 1.54) is 0 Å².